The highest BCUT2D eigenvalue weighted by molar-refractivity contribution is 6.05. The van der Waals surface area contributed by atoms with Gasteiger partial charge in [-0.15, -0.1) is 0 Å². The quantitative estimate of drug-likeness (QED) is 0.441. The first-order valence-corrected chi connectivity index (χ1v) is 9.50. The third-order valence-electron chi connectivity index (χ3n) is 4.51. The number of methoxy groups -OCH3 is 2. The summed E-state index contributed by atoms with van der Waals surface area (Å²) in [6.45, 7) is -0.235. The average molecular weight is 419 g/mol. The van der Waals surface area contributed by atoms with Gasteiger partial charge in [-0.05, 0) is 30.3 Å². The molecule has 0 radical (unpaired) electrons. The Hall–Kier alpha value is -4.12. The van der Waals surface area contributed by atoms with Gasteiger partial charge in [0.25, 0.3) is 5.91 Å². The number of carbonyl (C=O) groups excluding carboxylic acids is 2. The van der Waals surface area contributed by atoms with E-state index in [0.717, 1.165) is 5.56 Å². The normalized spacial score (nSPS) is 10.2. The molecule has 0 saturated heterocycles. The molecule has 1 heterocycles. The van der Waals surface area contributed by atoms with Crippen LogP contribution in [0.3, 0.4) is 0 Å². The van der Waals surface area contributed by atoms with Crippen molar-refractivity contribution in [2.45, 2.75) is 6.42 Å². The standard InChI is InChI=1S/C23H21N3O5/c1-29-20-9-8-15(12-21(20)30-2)19-13-17(16-6-3-4-7-18(16)26-19)23(28)31-14-22(27)25-11-5-10-24/h3-4,6-9,12-13H,5,11,14H2,1-2H3,(H,25,27). The number of hydrogen-bond donors (Lipinski definition) is 1. The SMILES string of the molecule is COc1ccc(-c2cc(C(=O)OCC(=O)NCCC#N)c3ccccc3n2)cc1OC. The highest BCUT2D eigenvalue weighted by atomic mass is 16.5. The third kappa shape index (κ3) is 5.08. The summed E-state index contributed by atoms with van der Waals surface area (Å²) >= 11 is 0. The van der Waals surface area contributed by atoms with Crippen LogP contribution in [0.5, 0.6) is 11.5 Å². The molecule has 0 aliphatic heterocycles. The highest BCUT2D eigenvalue weighted by Gasteiger charge is 2.17. The minimum Gasteiger partial charge on any atom is -0.493 e. The summed E-state index contributed by atoms with van der Waals surface area (Å²) < 4.78 is 15.8. The van der Waals surface area contributed by atoms with Gasteiger partial charge in [0.15, 0.2) is 18.1 Å². The van der Waals surface area contributed by atoms with E-state index in [1.165, 1.54) is 0 Å². The van der Waals surface area contributed by atoms with E-state index in [-0.39, 0.29) is 13.0 Å². The van der Waals surface area contributed by atoms with Crippen LogP contribution in [0.4, 0.5) is 0 Å². The highest BCUT2D eigenvalue weighted by Crippen LogP contribution is 2.33. The van der Waals surface area contributed by atoms with Gasteiger partial charge in [-0.1, -0.05) is 18.2 Å². The molecular formula is C23H21N3O5. The molecular weight excluding hydrogens is 398 g/mol. The van der Waals surface area contributed by atoms with E-state index in [1.807, 2.05) is 18.2 Å². The zero-order valence-electron chi connectivity index (χ0n) is 17.2. The molecule has 0 aliphatic rings. The Balaban J connectivity index is 1.92. The molecule has 0 unspecified atom stereocenters. The van der Waals surface area contributed by atoms with Crippen molar-refractivity contribution in [1.82, 2.24) is 10.3 Å². The minimum atomic E-state index is -0.643. The summed E-state index contributed by atoms with van der Waals surface area (Å²) in [5, 5.41) is 11.6. The lowest BCUT2D eigenvalue weighted by molar-refractivity contribution is -0.124. The maximum atomic E-state index is 12.8. The molecule has 0 aliphatic carbocycles. The number of esters is 1. The molecule has 8 heteroatoms. The second-order valence-electron chi connectivity index (χ2n) is 6.48. The molecule has 2 aromatic carbocycles. The monoisotopic (exact) mass is 419 g/mol. The molecule has 158 valence electrons. The Morgan fingerprint density at radius 2 is 1.84 bits per heavy atom. The lowest BCUT2D eigenvalue weighted by Crippen LogP contribution is -2.29. The van der Waals surface area contributed by atoms with Crippen molar-refractivity contribution in [1.29, 1.82) is 5.26 Å². The van der Waals surface area contributed by atoms with Crippen molar-refractivity contribution >= 4 is 22.8 Å². The Kier molecular flexibility index (Phi) is 7.01. The Morgan fingerprint density at radius 3 is 2.58 bits per heavy atom. The summed E-state index contributed by atoms with van der Waals surface area (Å²) in [6, 6.07) is 16.1. The van der Waals surface area contributed by atoms with Crippen molar-refractivity contribution < 1.29 is 23.8 Å². The van der Waals surface area contributed by atoms with Gasteiger partial charge in [0.1, 0.15) is 0 Å². The Bertz CT molecular complexity index is 1150. The van der Waals surface area contributed by atoms with Crippen molar-refractivity contribution in [3.05, 3.63) is 54.1 Å². The van der Waals surface area contributed by atoms with Crippen LogP contribution in [-0.2, 0) is 9.53 Å². The van der Waals surface area contributed by atoms with Crippen molar-refractivity contribution in [2.24, 2.45) is 0 Å². The number of nitrogens with one attached hydrogen (secondary N) is 1. The molecule has 0 atom stereocenters. The number of para-hydroxylation sites is 1. The fraction of sp³-hybridized carbons (Fsp3) is 0.217. The summed E-state index contributed by atoms with van der Waals surface area (Å²) in [7, 11) is 3.09. The van der Waals surface area contributed by atoms with E-state index in [4.69, 9.17) is 19.5 Å². The van der Waals surface area contributed by atoms with Gasteiger partial charge in [-0.2, -0.15) is 5.26 Å². The number of hydrogen-bond acceptors (Lipinski definition) is 7. The molecule has 0 bridgehead atoms. The molecule has 1 aromatic heterocycles. The van der Waals surface area contributed by atoms with E-state index < -0.39 is 18.5 Å². The molecule has 0 fully saturated rings. The number of aromatic nitrogens is 1. The van der Waals surface area contributed by atoms with Gasteiger partial charge >= 0.3 is 5.97 Å². The second kappa shape index (κ2) is 10.1. The topological polar surface area (TPSA) is 111 Å². The molecule has 3 rings (SSSR count). The molecule has 1 amide bonds. The minimum absolute atomic E-state index is 0.184. The number of nitrogens with zero attached hydrogens (tertiary/aromatic N) is 2. The van der Waals surface area contributed by atoms with Crippen LogP contribution in [0.2, 0.25) is 0 Å². The van der Waals surface area contributed by atoms with E-state index in [1.54, 1.807) is 50.6 Å². The molecule has 1 N–H and O–H groups in total. The van der Waals surface area contributed by atoms with Gasteiger partial charge in [0, 0.05) is 17.5 Å². The lowest BCUT2D eigenvalue weighted by Gasteiger charge is -2.12. The maximum Gasteiger partial charge on any atom is 0.339 e. The fourth-order valence-corrected chi connectivity index (χ4v) is 3.01. The van der Waals surface area contributed by atoms with Crippen molar-refractivity contribution in [3.8, 4) is 28.8 Å². The number of fused-ring (bicyclic) bond motifs is 1. The Morgan fingerprint density at radius 1 is 1.06 bits per heavy atom. The molecule has 0 spiro atoms. The van der Waals surface area contributed by atoms with Crippen molar-refractivity contribution in [3.63, 3.8) is 0 Å². The molecule has 8 nitrogen and oxygen atoms in total. The predicted molar refractivity (Wildman–Crippen MR) is 114 cm³/mol. The van der Waals surface area contributed by atoms with Crippen LogP contribution in [0.1, 0.15) is 16.8 Å². The van der Waals surface area contributed by atoms with E-state index in [9.17, 15) is 9.59 Å². The molecule has 31 heavy (non-hydrogen) atoms. The zero-order valence-corrected chi connectivity index (χ0v) is 17.2. The fourth-order valence-electron chi connectivity index (χ4n) is 3.01. The summed E-state index contributed by atoms with van der Waals surface area (Å²) in [5.41, 5.74) is 2.18. The summed E-state index contributed by atoms with van der Waals surface area (Å²) in [5.74, 6) is 0.0000406. The largest absolute Gasteiger partial charge is 0.493 e. The van der Waals surface area contributed by atoms with Crippen molar-refractivity contribution in [2.75, 3.05) is 27.4 Å². The first kappa shape index (κ1) is 21.6. The van der Waals surface area contributed by atoms with E-state index >= 15 is 0 Å². The average Bonchev–Trinajstić information content (AvgIpc) is 2.81. The lowest BCUT2D eigenvalue weighted by atomic mass is 10.0. The van der Waals surface area contributed by atoms with Gasteiger partial charge in [0.2, 0.25) is 0 Å². The number of nitriles is 1. The third-order valence-corrected chi connectivity index (χ3v) is 4.51. The first-order chi connectivity index (χ1) is 15.1. The first-order valence-electron chi connectivity index (χ1n) is 9.50. The number of carbonyl (C=O) groups is 2. The van der Waals surface area contributed by atoms with Crippen LogP contribution >= 0.6 is 0 Å². The number of ether oxygens (including phenoxy) is 3. The number of rotatable bonds is 8. The van der Waals surface area contributed by atoms with E-state index in [0.29, 0.717) is 33.7 Å². The second-order valence-corrected chi connectivity index (χ2v) is 6.48. The zero-order chi connectivity index (χ0) is 22.2. The number of benzene rings is 2. The van der Waals surface area contributed by atoms with Crippen LogP contribution in [0.15, 0.2) is 48.5 Å². The van der Waals surface area contributed by atoms with Crippen LogP contribution in [-0.4, -0.2) is 44.2 Å². The number of amides is 1. The van der Waals surface area contributed by atoms with Crippen LogP contribution < -0.4 is 14.8 Å². The van der Waals surface area contributed by atoms with Gasteiger partial charge in [0.05, 0.1) is 43.5 Å². The smallest absolute Gasteiger partial charge is 0.339 e. The summed E-state index contributed by atoms with van der Waals surface area (Å²) in [6.07, 6.45) is 0.184. The van der Waals surface area contributed by atoms with E-state index in [2.05, 4.69) is 10.3 Å². The van der Waals surface area contributed by atoms with Crippen LogP contribution in [0, 0.1) is 11.3 Å². The summed E-state index contributed by atoms with van der Waals surface area (Å²) in [4.78, 5) is 29.2. The number of pyridine rings is 1. The molecule has 0 saturated carbocycles. The molecule has 3 aromatic rings. The predicted octanol–water partition coefficient (Wildman–Crippen LogP) is 3.11. The van der Waals surface area contributed by atoms with Crippen LogP contribution in [0.25, 0.3) is 22.2 Å². The van der Waals surface area contributed by atoms with Gasteiger partial charge in [-0.3, -0.25) is 4.79 Å². The van der Waals surface area contributed by atoms with Gasteiger partial charge < -0.3 is 19.5 Å². The Labute approximate surface area is 179 Å². The maximum absolute atomic E-state index is 12.8. The van der Waals surface area contributed by atoms with Gasteiger partial charge in [-0.25, -0.2) is 9.78 Å².